The second kappa shape index (κ2) is 7.85. The zero-order valence-electron chi connectivity index (χ0n) is 18.5. The molecule has 1 atom stereocenters. The number of aromatic nitrogens is 3. The minimum absolute atomic E-state index is 0.131. The van der Waals surface area contributed by atoms with Gasteiger partial charge in [0.1, 0.15) is 12.0 Å². The number of rotatable bonds is 2. The van der Waals surface area contributed by atoms with E-state index in [0.29, 0.717) is 5.76 Å². The fraction of sp³-hybridized carbons (Fsp3) is 0.192. The Morgan fingerprint density at radius 3 is 2.59 bits per heavy atom. The summed E-state index contributed by atoms with van der Waals surface area (Å²) < 4.78 is 7.68. The average Bonchev–Trinajstić information content (AvgIpc) is 3.43. The number of fused-ring (bicyclic) bond motifs is 3. The molecule has 0 radical (unpaired) electrons. The molecule has 2 aromatic carbocycles. The lowest BCUT2D eigenvalue weighted by atomic mass is 9.98. The SMILES string of the molecule is C[C@@H]1N=C(c2ccccc2)c2cc(C#CS(C)(C)C)ccc2-n2cnc(-c3cnco3)c21. The minimum atomic E-state index is -0.919. The van der Waals surface area contributed by atoms with Gasteiger partial charge in [0.2, 0.25) is 0 Å². The molecule has 6 heteroatoms. The van der Waals surface area contributed by atoms with Crippen LogP contribution in [-0.2, 0) is 0 Å². The van der Waals surface area contributed by atoms with Gasteiger partial charge in [0, 0.05) is 16.7 Å². The molecule has 5 nitrogen and oxygen atoms in total. The largest absolute Gasteiger partial charge is 0.442 e. The standard InChI is InChI=1S/C26H24N4OS/c1-18-26-25(23-15-27-17-31-23)28-16-30(26)22-11-10-19(12-13-32(2,3)4)14-21(22)24(29-18)20-8-6-5-7-9-20/h5-11,14-18H,1-4H3/t18-/m0/s1. The smallest absolute Gasteiger partial charge is 0.181 e. The zero-order valence-corrected chi connectivity index (χ0v) is 19.4. The first kappa shape index (κ1) is 20.3. The molecule has 0 unspecified atom stereocenters. The number of oxazole rings is 1. The average molecular weight is 441 g/mol. The fourth-order valence-electron chi connectivity index (χ4n) is 3.85. The summed E-state index contributed by atoms with van der Waals surface area (Å²) in [5.41, 5.74) is 6.82. The van der Waals surface area contributed by atoms with Crippen molar-refractivity contribution in [2.24, 2.45) is 4.99 Å². The van der Waals surface area contributed by atoms with E-state index in [9.17, 15) is 0 Å². The maximum Gasteiger partial charge on any atom is 0.181 e. The quantitative estimate of drug-likeness (QED) is 0.390. The molecule has 160 valence electrons. The van der Waals surface area contributed by atoms with E-state index >= 15 is 0 Å². The molecule has 0 spiro atoms. The summed E-state index contributed by atoms with van der Waals surface area (Å²) in [6, 6.07) is 16.5. The van der Waals surface area contributed by atoms with Crippen LogP contribution in [-0.4, -0.2) is 39.0 Å². The summed E-state index contributed by atoms with van der Waals surface area (Å²) in [7, 11) is -0.919. The van der Waals surface area contributed by atoms with Gasteiger partial charge >= 0.3 is 0 Å². The van der Waals surface area contributed by atoms with Crippen LogP contribution >= 0.6 is 10.0 Å². The Labute approximate surface area is 189 Å². The van der Waals surface area contributed by atoms with Crippen molar-refractivity contribution in [3.8, 4) is 28.3 Å². The third-order valence-electron chi connectivity index (χ3n) is 5.25. The van der Waals surface area contributed by atoms with Crippen LogP contribution in [0.4, 0.5) is 0 Å². The molecule has 0 saturated heterocycles. The molecule has 5 rings (SSSR count). The molecule has 4 aromatic rings. The highest BCUT2D eigenvalue weighted by atomic mass is 32.3. The van der Waals surface area contributed by atoms with Crippen LogP contribution in [0.25, 0.3) is 17.1 Å². The van der Waals surface area contributed by atoms with Crippen molar-refractivity contribution in [2.45, 2.75) is 13.0 Å². The van der Waals surface area contributed by atoms with E-state index < -0.39 is 10.0 Å². The van der Waals surface area contributed by atoms with Crippen LogP contribution in [0.1, 0.15) is 35.3 Å². The molecule has 0 aliphatic carbocycles. The summed E-state index contributed by atoms with van der Waals surface area (Å²) in [6.07, 6.45) is 11.6. The first-order valence-electron chi connectivity index (χ1n) is 10.4. The van der Waals surface area contributed by atoms with Crippen LogP contribution in [0.2, 0.25) is 0 Å². The summed E-state index contributed by atoms with van der Waals surface area (Å²) >= 11 is 0. The Kier molecular flexibility index (Phi) is 4.99. The summed E-state index contributed by atoms with van der Waals surface area (Å²) in [5.74, 6) is 4.01. The van der Waals surface area contributed by atoms with E-state index in [1.807, 2.05) is 24.5 Å². The van der Waals surface area contributed by atoms with Crippen molar-refractivity contribution < 1.29 is 4.42 Å². The number of hydrogen-bond donors (Lipinski definition) is 0. The lowest BCUT2D eigenvalue weighted by Gasteiger charge is -2.15. The number of nitrogens with zero attached hydrogens (tertiary/aromatic N) is 4. The predicted molar refractivity (Wildman–Crippen MR) is 132 cm³/mol. The van der Waals surface area contributed by atoms with Crippen molar-refractivity contribution in [3.05, 3.63) is 89.8 Å². The molecule has 0 saturated carbocycles. The Balaban J connectivity index is 1.76. The van der Waals surface area contributed by atoms with Gasteiger partial charge in [-0.05, 0) is 49.1 Å². The first-order chi connectivity index (χ1) is 15.4. The molecular formula is C26H24N4OS. The van der Waals surface area contributed by atoms with Gasteiger partial charge in [-0.1, -0.05) is 36.3 Å². The van der Waals surface area contributed by atoms with Gasteiger partial charge in [-0.25, -0.2) is 9.97 Å². The van der Waals surface area contributed by atoms with Crippen LogP contribution in [0, 0.1) is 11.2 Å². The van der Waals surface area contributed by atoms with Gasteiger partial charge in [-0.3, -0.25) is 9.56 Å². The highest BCUT2D eigenvalue weighted by Crippen LogP contribution is 2.37. The molecule has 1 aliphatic heterocycles. The maximum atomic E-state index is 5.56. The monoisotopic (exact) mass is 440 g/mol. The lowest BCUT2D eigenvalue weighted by Crippen LogP contribution is -2.07. The lowest BCUT2D eigenvalue weighted by molar-refractivity contribution is 0.568. The number of hydrogen-bond acceptors (Lipinski definition) is 4. The first-order valence-corrected chi connectivity index (χ1v) is 13.2. The summed E-state index contributed by atoms with van der Waals surface area (Å²) in [6.45, 7) is 2.09. The molecular weight excluding hydrogens is 416 g/mol. The molecule has 32 heavy (non-hydrogen) atoms. The van der Waals surface area contributed by atoms with Gasteiger partial charge in [0.15, 0.2) is 12.2 Å². The molecule has 2 aromatic heterocycles. The Hall–Kier alpha value is -3.56. The summed E-state index contributed by atoms with van der Waals surface area (Å²) in [4.78, 5) is 13.9. The van der Waals surface area contributed by atoms with E-state index in [1.165, 1.54) is 6.39 Å². The third-order valence-corrected chi connectivity index (χ3v) is 5.96. The van der Waals surface area contributed by atoms with Gasteiger partial charge in [-0.15, -0.1) is 0 Å². The van der Waals surface area contributed by atoms with E-state index in [2.05, 4.69) is 81.7 Å². The van der Waals surface area contributed by atoms with Gasteiger partial charge in [0.05, 0.1) is 29.3 Å². The van der Waals surface area contributed by atoms with Gasteiger partial charge in [-0.2, -0.15) is 10.0 Å². The van der Waals surface area contributed by atoms with Gasteiger partial charge < -0.3 is 4.42 Å². The maximum absolute atomic E-state index is 5.56. The van der Waals surface area contributed by atoms with Crippen molar-refractivity contribution >= 4 is 15.7 Å². The Morgan fingerprint density at radius 1 is 1.06 bits per heavy atom. The van der Waals surface area contributed by atoms with E-state index in [-0.39, 0.29) is 6.04 Å². The van der Waals surface area contributed by atoms with E-state index in [0.717, 1.165) is 39.5 Å². The van der Waals surface area contributed by atoms with Crippen LogP contribution < -0.4 is 0 Å². The molecule has 0 amide bonds. The van der Waals surface area contributed by atoms with E-state index in [4.69, 9.17) is 9.41 Å². The van der Waals surface area contributed by atoms with Crippen molar-refractivity contribution in [3.63, 3.8) is 0 Å². The van der Waals surface area contributed by atoms with Gasteiger partial charge in [0.25, 0.3) is 0 Å². The molecule has 3 heterocycles. The number of aliphatic imine (C=N–C) groups is 1. The highest BCUT2D eigenvalue weighted by Gasteiger charge is 2.27. The molecule has 1 aliphatic rings. The fourth-order valence-corrected chi connectivity index (χ4v) is 4.27. The van der Waals surface area contributed by atoms with Crippen molar-refractivity contribution in [2.75, 3.05) is 18.8 Å². The second-order valence-electron chi connectivity index (χ2n) is 8.53. The Morgan fingerprint density at radius 2 is 1.88 bits per heavy atom. The van der Waals surface area contributed by atoms with E-state index in [1.54, 1.807) is 6.20 Å². The van der Waals surface area contributed by atoms with Crippen LogP contribution in [0.5, 0.6) is 0 Å². The Bertz CT molecular complexity index is 1370. The van der Waals surface area contributed by atoms with Crippen LogP contribution in [0.15, 0.2) is 76.9 Å². The molecule has 0 fully saturated rings. The summed E-state index contributed by atoms with van der Waals surface area (Å²) in [5, 5.41) is 3.42. The third kappa shape index (κ3) is 3.76. The molecule has 0 N–H and O–H groups in total. The van der Waals surface area contributed by atoms with Crippen molar-refractivity contribution in [1.82, 2.24) is 14.5 Å². The number of benzene rings is 2. The highest BCUT2D eigenvalue weighted by molar-refractivity contribution is 8.35. The topological polar surface area (TPSA) is 56.2 Å². The zero-order chi connectivity index (χ0) is 22.3. The normalized spacial score (nSPS) is 15.6. The minimum Gasteiger partial charge on any atom is -0.442 e. The van der Waals surface area contributed by atoms with Crippen molar-refractivity contribution in [1.29, 1.82) is 0 Å². The van der Waals surface area contributed by atoms with Crippen LogP contribution in [0.3, 0.4) is 0 Å². The number of imidazole rings is 1. The second-order valence-corrected chi connectivity index (χ2v) is 12.4. The predicted octanol–water partition coefficient (Wildman–Crippen LogP) is 5.44. The molecule has 0 bridgehead atoms.